The van der Waals surface area contributed by atoms with Crippen molar-refractivity contribution in [3.05, 3.63) is 23.3 Å². The molecule has 8 nitrogen and oxygen atoms in total. The fourth-order valence-corrected chi connectivity index (χ4v) is 1.70. The second kappa shape index (κ2) is 4.75. The molecule has 0 saturated heterocycles. The molecule has 0 aliphatic rings. The number of aliphatic carboxylic acids is 2. The molecule has 0 spiro atoms. The van der Waals surface area contributed by atoms with E-state index < -0.39 is 40.7 Å². The van der Waals surface area contributed by atoms with E-state index in [2.05, 4.69) is 0 Å². The van der Waals surface area contributed by atoms with Gasteiger partial charge >= 0.3 is 11.9 Å². The maximum absolute atomic E-state index is 11.1. The number of aliphatic hydroxyl groups is 2. The van der Waals surface area contributed by atoms with E-state index in [1.54, 1.807) is 0 Å². The van der Waals surface area contributed by atoms with Gasteiger partial charge in [-0.25, -0.2) is 9.59 Å². The summed E-state index contributed by atoms with van der Waals surface area (Å²) < 4.78 is 0. The van der Waals surface area contributed by atoms with Crippen LogP contribution in [0.2, 0.25) is 0 Å². The number of benzene rings is 1. The first kappa shape index (κ1) is 14.7. The van der Waals surface area contributed by atoms with Gasteiger partial charge in [-0.2, -0.15) is 0 Å². The summed E-state index contributed by atoms with van der Waals surface area (Å²) in [6.07, 6.45) is -2.73. The number of carboxylic acids is 2. The van der Waals surface area contributed by atoms with E-state index in [0.717, 1.165) is 12.1 Å². The highest BCUT2D eigenvalue weighted by molar-refractivity contribution is 5.89. The van der Waals surface area contributed by atoms with Gasteiger partial charge in [-0.05, 0) is 18.6 Å². The Morgan fingerprint density at radius 2 is 1.74 bits per heavy atom. The smallest absolute Gasteiger partial charge is 0.344 e. The Bertz CT molecular complexity index is 538. The van der Waals surface area contributed by atoms with E-state index in [9.17, 15) is 30.0 Å². The molecule has 0 aliphatic heterocycles. The van der Waals surface area contributed by atoms with Crippen LogP contribution >= 0.6 is 0 Å². The number of aromatic hydroxyl groups is 2. The number of carboxylic acid groups (broad SMARTS) is 2. The predicted octanol–water partition coefficient (Wildman–Crippen LogP) is -0.876. The molecular formula is C11H12O8. The second-order valence-electron chi connectivity index (χ2n) is 3.94. The Labute approximate surface area is 106 Å². The van der Waals surface area contributed by atoms with Gasteiger partial charge < -0.3 is 30.6 Å². The van der Waals surface area contributed by atoms with Crippen molar-refractivity contribution in [1.29, 1.82) is 0 Å². The first-order valence-corrected chi connectivity index (χ1v) is 5.02. The topological polar surface area (TPSA) is 156 Å². The molecule has 2 unspecified atom stereocenters. The van der Waals surface area contributed by atoms with Crippen molar-refractivity contribution in [2.75, 3.05) is 0 Å². The predicted molar refractivity (Wildman–Crippen MR) is 59.7 cm³/mol. The summed E-state index contributed by atoms with van der Waals surface area (Å²) >= 11 is 0. The Hall–Kier alpha value is -2.32. The van der Waals surface area contributed by atoms with Crippen LogP contribution in [0.4, 0.5) is 0 Å². The number of aryl methyl sites for hydroxylation is 1. The Kier molecular flexibility index (Phi) is 3.68. The average molecular weight is 272 g/mol. The van der Waals surface area contributed by atoms with Crippen LogP contribution in [-0.4, -0.2) is 48.7 Å². The minimum absolute atomic E-state index is 0.0134. The molecule has 0 aliphatic carbocycles. The van der Waals surface area contributed by atoms with Crippen molar-refractivity contribution in [3.63, 3.8) is 0 Å². The normalized spacial score (nSPS) is 15.5. The van der Waals surface area contributed by atoms with Gasteiger partial charge in [-0.3, -0.25) is 0 Å². The van der Waals surface area contributed by atoms with E-state index in [1.807, 2.05) is 0 Å². The number of phenols is 2. The van der Waals surface area contributed by atoms with E-state index in [0.29, 0.717) is 0 Å². The molecule has 2 atom stereocenters. The number of carbonyl (C=O) groups is 2. The lowest BCUT2D eigenvalue weighted by Crippen LogP contribution is -2.51. The third kappa shape index (κ3) is 2.18. The molecular weight excluding hydrogens is 260 g/mol. The lowest BCUT2D eigenvalue weighted by atomic mass is 9.84. The molecule has 104 valence electrons. The zero-order chi connectivity index (χ0) is 15.0. The Balaban J connectivity index is 3.66. The van der Waals surface area contributed by atoms with Crippen LogP contribution in [0.5, 0.6) is 11.5 Å². The highest BCUT2D eigenvalue weighted by atomic mass is 16.4. The number of hydrogen-bond acceptors (Lipinski definition) is 6. The quantitative estimate of drug-likeness (QED) is 0.386. The van der Waals surface area contributed by atoms with Gasteiger partial charge in [0, 0.05) is 5.56 Å². The van der Waals surface area contributed by atoms with E-state index in [-0.39, 0.29) is 5.56 Å². The minimum Gasteiger partial charge on any atom is -0.504 e. The van der Waals surface area contributed by atoms with Gasteiger partial charge in [0.25, 0.3) is 0 Å². The highest BCUT2D eigenvalue weighted by Gasteiger charge is 2.52. The van der Waals surface area contributed by atoms with Crippen LogP contribution in [0.25, 0.3) is 0 Å². The van der Waals surface area contributed by atoms with Gasteiger partial charge in [-0.1, -0.05) is 6.07 Å². The van der Waals surface area contributed by atoms with Crippen LogP contribution < -0.4 is 0 Å². The summed E-state index contributed by atoms with van der Waals surface area (Å²) in [5, 5.41) is 55.9. The van der Waals surface area contributed by atoms with Crippen LogP contribution in [0.3, 0.4) is 0 Å². The molecule has 8 heteroatoms. The van der Waals surface area contributed by atoms with Crippen molar-refractivity contribution < 1.29 is 40.2 Å². The molecule has 0 fully saturated rings. The third-order valence-electron chi connectivity index (χ3n) is 2.70. The second-order valence-corrected chi connectivity index (χ2v) is 3.94. The largest absolute Gasteiger partial charge is 0.504 e. The van der Waals surface area contributed by atoms with Gasteiger partial charge in [0.2, 0.25) is 5.60 Å². The number of aliphatic hydroxyl groups excluding tert-OH is 1. The van der Waals surface area contributed by atoms with E-state index >= 15 is 0 Å². The first-order valence-electron chi connectivity index (χ1n) is 5.02. The lowest BCUT2D eigenvalue weighted by Gasteiger charge is -2.28. The maximum Gasteiger partial charge on any atom is 0.344 e. The summed E-state index contributed by atoms with van der Waals surface area (Å²) in [7, 11) is 0. The van der Waals surface area contributed by atoms with Crippen molar-refractivity contribution in [2.45, 2.75) is 18.6 Å². The van der Waals surface area contributed by atoms with Crippen LogP contribution in [0.15, 0.2) is 12.1 Å². The van der Waals surface area contributed by atoms with Gasteiger partial charge in [0.05, 0.1) is 0 Å². The lowest BCUT2D eigenvalue weighted by molar-refractivity contribution is -0.185. The monoisotopic (exact) mass is 272 g/mol. The third-order valence-corrected chi connectivity index (χ3v) is 2.70. The van der Waals surface area contributed by atoms with Crippen molar-refractivity contribution in [2.24, 2.45) is 0 Å². The maximum atomic E-state index is 11.1. The van der Waals surface area contributed by atoms with Crippen LogP contribution in [-0.2, 0) is 15.2 Å². The number of hydrogen-bond donors (Lipinski definition) is 6. The molecule has 0 radical (unpaired) electrons. The number of phenolic OH excluding ortho intramolecular Hbond substituents is 2. The van der Waals surface area contributed by atoms with Gasteiger partial charge in [-0.15, -0.1) is 0 Å². The first-order chi connectivity index (χ1) is 8.63. The standard InChI is InChI=1S/C11H12O8/c1-4-2-3-5(12)7(13)6(4)11(19,10(17)18)8(14)9(15)16/h2-3,8,12-14,19H,1H3,(H,15,16)(H,17,18). The summed E-state index contributed by atoms with van der Waals surface area (Å²) in [4.78, 5) is 21.8. The molecule has 0 aromatic heterocycles. The van der Waals surface area contributed by atoms with Crippen molar-refractivity contribution in [3.8, 4) is 11.5 Å². The highest BCUT2D eigenvalue weighted by Crippen LogP contribution is 2.40. The van der Waals surface area contributed by atoms with Gasteiger partial charge in [0.15, 0.2) is 17.6 Å². The molecule has 6 N–H and O–H groups in total. The molecule has 0 bridgehead atoms. The number of rotatable bonds is 4. The molecule has 0 heterocycles. The SMILES string of the molecule is Cc1ccc(O)c(O)c1C(O)(C(=O)O)C(O)C(=O)O. The fourth-order valence-electron chi connectivity index (χ4n) is 1.70. The average Bonchev–Trinajstić information content (AvgIpc) is 2.32. The van der Waals surface area contributed by atoms with Crippen LogP contribution in [0, 0.1) is 6.92 Å². The zero-order valence-electron chi connectivity index (χ0n) is 9.73. The summed E-state index contributed by atoms with van der Waals surface area (Å²) in [6.45, 7) is 1.27. The molecule has 1 rings (SSSR count). The molecule has 0 amide bonds. The minimum atomic E-state index is -3.29. The Morgan fingerprint density at radius 3 is 2.16 bits per heavy atom. The molecule has 0 saturated carbocycles. The van der Waals surface area contributed by atoms with Crippen molar-refractivity contribution >= 4 is 11.9 Å². The van der Waals surface area contributed by atoms with Crippen molar-refractivity contribution in [1.82, 2.24) is 0 Å². The Morgan fingerprint density at radius 1 is 1.21 bits per heavy atom. The van der Waals surface area contributed by atoms with Gasteiger partial charge in [0.1, 0.15) is 0 Å². The molecule has 1 aromatic rings. The van der Waals surface area contributed by atoms with E-state index in [4.69, 9.17) is 10.2 Å². The zero-order valence-corrected chi connectivity index (χ0v) is 9.73. The fraction of sp³-hybridized carbons (Fsp3) is 0.273. The summed E-state index contributed by atoms with van der Waals surface area (Å²) in [5.41, 5.74) is -4.09. The molecule has 19 heavy (non-hydrogen) atoms. The summed E-state index contributed by atoms with van der Waals surface area (Å²) in [6, 6.07) is 2.19. The van der Waals surface area contributed by atoms with E-state index in [1.165, 1.54) is 6.92 Å². The van der Waals surface area contributed by atoms with Crippen LogP contribution in [0.1, 0.15) is 11.1 Å². The molecule has 1 aromatic carbocycles. The summed E-state index contributed by atoms with van der Waals surface area (Å²) in [5.74, 6) is -5.83.